The second-order valence-corrected chi connectivity index (χ2v) is 7.74. The smallest absolute Gasteiger partial charge is 0.251 e. The lowest BCUT2D eigenvalue weighted by Crippen LogP contribution is -2.56. The van der Waals surface area contributed by atoms with Gasteiger partial charge in [0.2, 0.25) is 11.8 Å². The number of rotatable bonds is 5. The average molecular weight is 391 g/mol. The molecule has 2 aromatic rings. The maximum atomic E-state index is 12.7. The summed E-state index contributed by atoms with van der Waals surface area (Å²) < 4.78 is 0. The summed E-state index contributed by atoms with van der Waals surface area (Å²) in [6.45, 7) is 3.16. The zero-order chi connectivity index (χ0) is 20.4. The van der Waals surface area contributed by atoms with E-state index < -0.39 is 0 Å². The Morgan fingerprint density at radius 3 is 2.55 bits per heavy atom. The Morgan fingerprint density at radius 1 is 1.10 bits per heavy atom. The molecular weight excluding hydrogens is 366 g/mol. The van der Waals surface area contributed by atoms with Crippen molar-refractivity contribution in [3.05, 3.63) is 71.3 Å². The van der Waals surface area contributed by atoms with Crippen LogP contribution in [0, 0.1) is 0 Å². The van der Waals surface area contributed by atoms with Crippen molar-refractivity contribution < 1.29 is 14.4 Å². The zero-order valence-corrected chi connectivity index (χ0v) is 16.5. The number of carbonyl (C=O) groups is 3. The van der Waals surface area contributed by atoms with E-state index in [1.165, 1.54) is 0 Å². The first kappa shape index (κ1) is 19.2. The Labute approximate surface area is 170 Å². The molecule has 150 valence electrons. The molecule has 29 heavy (non-hydrogen) atoms. The van der Waals surface area contributed by atoms with E-state index >= 15 is 0 Å². The van der Waals surface area contributed by atoms with Crippen LogP contribution in [0.15, 0.2) is 54.6 Å². The fourth-order valence-electron chi connectivity index (χ4n) is 4.09. The van der Waals surface area contributed by atoms with E-state index in [2.05, 4.69) is 5.32 Å². The van der Waals surface area contributed by atoms with Gasteiger partial charge in [-0.05, 0) is 43.0 Å². The molecule has 2 aliphatic rings. The largest absolute Gasteiger partial charge is 0.346 e. The van der Waals surface area contributed by atoms with Crippen molar-refractivity contribution in [1.82, 2.24) is 15.1 Å². The van der Waals surface area contributed by atoms with Gasteiger partial charge in [0.1, 0.15) is 12.6 Å². The van der Waals surface area contributed by atoms with Gasteiger partial charge < -0.3 is 15.1 Å². The number of carbonyl (C=O) groups excluding carboxylic acids is 3. The highest BCUT2D eigenvalue weighted by Gasteiger charge is 2.41. The molecule has 2 aliphatic heterocycles. The van der Waals surface area contributed by atoms with Gasteiger partial charge in [0.15, 0.2) is 0 Å². The van der Waals surface area contributed by atoms with Crippen LogP contribution in [0.5, 0.6) is 0 Å². The van der Waals surface area contributed by atoms with Gasteiger partial charge in [0.05, 0.1) is 6.04 Å². The van der Waals surface area contributed by atoms with Gasteiger partial charge in [-0.15, -0.1) is 0 Å². The Morgan fingerprint density at radius 2 is 1.83 bits per heavy atom. The first-order valence-electron chi connectivity index (χ1n) is 10.1. The fourth-order valence-corrected chi connectivity index (χ4v) is 4.09. The van der Waals surface area contributed by atoms with Crippen LogP contribution in [0.2, 0.25) is 0 Å². The number of hydrogen-bond donors (Lipinski definition) is 1. The van der Waals surface area contributed by atoms with E-state index in [-0.39, 0.29) is 36.3 Å². The number of fused-ring (bicyclic) bond motifs is 1. The van der Waals surface area contributed by atoms with Crippen LogP contribution in [0.1, 0.15) is 47.3 Å². The lowest BCUT2D eigenvalue weighted by molar-refractivity contribution is -0.154. The molecule has 2 saturated heterocycles. The summed E-state index contributed by atoms with van der Waals surface area (Å²) in [5.74, 6) is -0.0858. The van der Waals surface area contributed by atoms with Gasteiger partial charge in [0.25, 0.3) is 5.91 Å². The number of nitrogens with zero attached hydrogens (tertiary/aromatic N) is 2. The van der Waals surface area contributed by atoms with Crippen LogP contribution < -0.4 is 5.32 Å². The Kier molecular flexibility index (Phi) is 5.34. The third-order valence-corrected chi connectivity index (χ3v) is 5.73. The van der Waals surface area contributed by atoms with Crippen molar-refractivity contribution in [2.45, 2.75) is 38.4 Å². The summed E-state index contributed by atoms with van der Waals surface area (Å²) in [6, 6.07) is 16.7. The maximum Gasteiger partial charge on any atom is 0.251 e. The normalized spacial score (nSPS) is 19.8. The highest BCUT2D eigenvalue weighted by Crippen LogP contribution is 2.24. The van der Waals surface area contributed by atoms with Crippen molar-refractivity contribution >= 4 is 17.7 Å². The highest BCUT2D eigenvalue weighted by atomic mass is 16.2. The van der Waals surface area contributed by atoms with E-state index in [1.807, 2.05) is 49.4 Å². The summed E-state index contributed by atoms with van der Waals surface area (Å²) in [4.78, 5) is 40.8. The Bertz CT molecular complexity index is 911. The third-order valence-electron chi connectivity index (χ3n) is 5.73. The lowest BCUT2D eigenvalue weighted by Gasteiger charge is -2.36. The molecule has 2 atom stereocenters. The van der Waals surface area contributed by atoms with Crippen LogP contribution in [0.25, 0.3) is 0 Å². The van der Waals surface area contributed by atoms with E-state index in [1.54, 1.807) is 21.9 Å². The highest BCUT2D eigenvalue weighted by molar-refractivity contribution is 5.95. The summed E-state index contributed by atoms with van der Waals surface area (Å²) in [5, 5.41) is 3.00. The molecule has 6 nitrogen and oxygen atoms in total. The SMILES string of the molecule is C[C@@H](NC(=O)c1ccc(CN2CC(=O)N3CCC[C@H]3C2=O)cc1)c1ccccc1. The average Bonchev–Trinajstić information content (AvgIpc) is 3.24. The van der Waals surface area contributed by atoms with Gasteiger partial charge in [-0.3, -0.25) is 14.4 Å². The predicted octanol–water partition coefficient (Wildman–Crippen LogP) is 2.51. The van der Waals surface area contributed by atoms with E-state index in [4.69, 9.17) is 0 Å². The molecule has 4 rings (SSSR count). The second-order valence-electron chi connectivity index (χ2n) is 7.74. The molecule has 0 bridgehead atoms. The van der Waals surface area contributed by atoms with Crippen LogP contribution in [0.3, 0.4) is 0 Å². The topological polar surface area (TPSA) is 69.7 Å². The first-order chi connectivity index (χ1) is 14.0. The molecule has 0 unspecified atom stereocenters. The van der Waals surface area contributed by atoms with Crippen molar-refractivity contribution in [1.29, 1.82) is 0 Å². The van der Waals surface area contributed by atoms with Crippen LogP contribution in [-0.4, -0.2) is 46.7 Å². The monoisotopic (exact) mass is 391 g/mol. The van der Waals surface area contributed by atoms with E-state index in [0.717, 1.165) is 24.0 Å². The summed E-state index contributed by atoms with van der Waals surface area (Å²) in [5.41, 5.74) is 2.52. The molecule has 6 heteroatoms. The van der Waals surface area contributed by atoms with Crippen molar-refractivity contribution in [3.63, 3.8) is 0 Å². The number of hydrogen-bond acceptors (Lipinski definition) is 3. The van der Waals surface area contributed by atoms with Crippen molar-refractivity contribution in [3.8, 4) is 0 Å². The van der Waals surface area contributed by atoms with Gasteiger partial charge in [-0.1, -0.05) is 42.5 Å². The molecule has 0 saturated carbocycles. The molecule has 0 radical (unpaired) electrons. The summed E-state index contributed by atoms with van der Waals surface area (Å²) >= 11 is 0. The fraction of sp³-hybridized carbons (Fsp3) is 0.348. The van der Waals surface area contributed by atoms with E-state index in [9.17, 15) is 14.4 Å². The quantitative estimate of drug-likeness (QED) is 0.851. The van der Waals surface area contributed by atoms with Gasteiger partial charge in [0, 0.05) is 18.7 Å². The molecular formula is C23H25N3O3. The molecule has 0 aromatic heterocycles. The standard InChI is InChI=1S/C23H25N3O3/c1-16(18-6-3-2-4-7-18)24-22(28)19-11-9-17(10-12-19)14-25-15-21(27)26-13-5-8-20(26)23(25)29/h2-4,6-7,9-12,16,20H,5,8,13-15H2,1H3,(H,24,28)/t16-,20+/m1/s1. The van der Waals surface area contributed by atoms with Gasteiger partial charge in [-0.25, -0.2) is 0 Å². The molecule has 3 amide bonds. The Balaban J connectivity index is 1.38. The third kappa shape index (κ3) is 4.01. The molecule has 2 aromatic carbocycles. The number of amides is 3. The molecule has 0 aliphatic carbocycles. The maximum absolute atomic E-state index is 12.7. The minimum atomic E-state index is -0.291. The second kappa shape index (κ2) is 8.07. The van der Waals surface area contributed by atoms with Gasteiger partial charge in [-0.2, -0.15) is 0 Å². The van der Waals surface area contributed by atoms with Crippen LogP contribution >= 0.6 is 0 Å². The molecule has 2 fully saturated rings. The minimum Gasteiger partial charge on any atom is -0.346 e. The van der Waals surface area contributed by atoms with Gasteiger partial charge >= 0.3 is 0 Å². The predicted molar refractivity (Wildman–Crippen MR) is 109 cm³/mol. The number of piperazine rings is 1. The summed E-state index contributed by atoms with van der Waals surface area (Å²) in [7, 11) is 0. The first-order valence-corrected chi connectivity index (χ1v) is 10.1. The Hall–Kier alpha value is -3.15. The number of benzene rings is 2. The number of nitrogens with one attached hydrogen (secondary N) is 1. The molecule has 0 spiro atoms. The van der Waals surface area contributed by atoms with E-state index in [0.29, 0.717) is 18.7 Å². The van der Waals surface area contributed by atoms with Crippen molar-refractivity contribution in [2.24, 2.45) is 0 Å². The minimum absolute atomic E-state index is 0.0259. The van der Waals surface area contributed by atoms with Crippen molar-refractivity contribution in [2.75, 3.05) is 13.1 Å². The zero-order valence-electron chi connectivity index (χ0n) is 16.5. The lowest BCUT2D eigenvalue weighted by atomic mass is 10.1. The summed E-state index contributed by atoms with van der Waals surface area (Å²) in [6.07, 6.45) is 1.64. The van der Waals surface area contributed by atoms with Crippen LogP contribution in [0.4, 0.5) is 0 Å². The molecule has 1 N–H and O–H groups in total. The van der Waals surface area contributed by atoms with Crippen LogP contribution in [-0.2, 0) is 16.1 Å². The molecule has 2 heterocycles.